The minimum absolute atomic E-state index is 0.0180. The van der Waals surface area contributed by atoms with Crippen molar-refractivity contribution < 1.29 is 4.79 Å². The molecule has 1 rings (SSSR count). The highest BCUT2D eigenvalue weighted by Crippen LogP contribution is 2.51. The molecule has 1 aliphatic carbocycles. The van der Waals surface area contributed by atoms with E-state index in [2.05, 4.69) is 19.2 Å². The van der Waals surface area contributed by atoms with Crippen LogP contribution in [0.4, 0.5) is 0 Å². The van der Waals surface area contributed by atoms with E-state index in [-0.39, 0.29) is 5.91 Å². The Bertz CT molecular complexity index is 253. The summed E-state index contributed by atoms with van der Waals surface area (Å²) in [7, 11) is 0. The first-order valence-corrected chi connectivity index (χ1v) is 6.47. The molecule has 0 bridgehead atoms. The lowest BCUT2D eigenvalue weighted by Crippen LogP contribution is -2.54. The summed E-state index contributed by atoms with van der Waals surface area (Å²) in [5.41, 5.74) is 5.74. The van der Waals surface area contributed by atoms with Gasteiger partial charge in [-0.25, -0.2) is 0 Å². The first-order chi connectivity index (χ1) is 7.40. The average molecular weight is 226 g/mol. The number of nitrogens with two attached hydrogens (primary N) is 1. The van der Waals surface area contributed by atoms with Crippen LogP contribution in [-0.2, 0) is 4.79 Å². The minimum atomic E-state index is -0.674. The van der Waals surface area contributed by atoms with Crippen molar-refractivity contribution in [1.29, 1.82) is 0 Å². The van der Waals surface area contributed by atoms with Crippen LogP contribution in [0.25, 0.3) is 0 Å². The summed E-state index contributed by atoms with van der Waals surface area (Å²) in [4.78, 5) is 12.0. The van der Waals surface area contributed by atoms with Crippen molar-refractivity contribution >= 4 is 5.91 Å². The van der Waals surface area contributed by atoms with Gasteiger partial charge >= 0.3 is 0 Å². The van der Waals surface area contributed by atoms with Crippen LogP contribution in [0.1, 0.15) is 53.4 Å². The van der Waals surface area contributed by atoms with E-state index in [1.54, 1.807) is 0 Å². The number of amides is 1. The Kier molecular flexibility index (Phi) is 4.00. The summed E-state index contributed by atoms with van der Waals surface area (Å²) in [5.74, 6) is 0.660. The smallest absolute Gasteiger partial charge is 0.240 e. The van der Waals surface area contributed by atoms with Crippen LogP contribution < -0.4 is 11.1 Å². The fraction of sp³-hybridized carbons (Fsp3) is 0.923. The van der Waals surface area contributed by atoms with Crippen molar-refractivity contribution in [2.45, 2.75) is 58.9 Å². The summed E-state index contributed by atoms with van der Waals surface area (Å²) in [6.07, 6.45) is 3.87. The van der Waals surface area contributed by atoms with Gasteiger partial charge in [0.1, 0.15) is 0 Å². The van der Waals surface area contributed by atoms with E-state index >= 15 is 0 Å². The van der Waals surface area contributed by atoms with Gasteiger partial charge in [0, 0.05) is 6.54 Å². The standard InChI is InChI=1S/C13H26N2O/c1-5-13(14,6-2)11(16)15-9-12(7-8-12)10(3)4/h10H,5-9,14H2,1-4H3,(H,15,16). The highest BCUT2D eigenvalue weighted by atomic mass is 16.2. The molecule has 1 amide bonds. The second kappa shape index (κ2) is 4.74. The molecule has 94 valence electrons. The first-order valence-electron chi connectivity index (χ1n) is 6.47. The van der Waals surface area contributed by atoms with E-state index in [0.29, 0.717) is 24.2 Å². The zero-order chi connectivity index (χ0) is 12.4. The number of nitrogens with one attached hydrogen (secondary N) is 1. The lowest BCUT2D eigenvalue weighted by Gasteiger charge is -2.27. The molecule has 0 unspecified atom stereocenters. The summed E-state index contributed by atoms with van der Waals surface area (Å²) in [5, 5.41) is 3.05. The van der Waals surface area contributed by atoms with Crippen LogP contribution in [0.3, 0.4) is 0 Å². The van der Waals surface area contributed by atoms with E-state index in [1.165, 1.54) is 12.8 Å². The van der Waals surface area contributed by atoms with Gasteiger partial charge in [-0.3, -0.25) is 4.79 Å². The molecule has 1 fully saturated rings. The van der Waals surface area contributed by atoms with Crippen molar-refractivity contribution in [3.63, 3.8) is 0 Å². The van der Waals surface area contributed by atoms with Crippen LogP contribution in [-0.4, -0.2) is 18.0 Å². The molecule has 0 heterocycles. The lowest BCUT2D eigenvalue weighted by molar-refractivity contribution is -0.127. The zero-order valence-corrected chi connectivity index (χ0v) is 11.1. The maximum atomic E-state index is 12.0. The summed E-state index contributed by atoms with van der Waals surface area (Å²) in [6.45, 7) is 9.20. The largest absolute Gasteiger partial charge is 0.354 e. The Morgan fingerprint density at radius 3 is 2.19 bits per heavy atom. The predicted molar refractivity (Wildman–Crippen MR) is 67.0 cm³/mol. The number of rotatable bonds is 6. The molecule has 0 saturated heterocycles. The number of hydrogen-bond acceptors (Lipinski definition) is 2. The fourth-order valence-corrected chi connectivity index (χ4v) is 2.12. The van der Waals surface area contributed by atoms with E-state index in [1.807, 2.05) is 13.8 Å². The monoisotopic (exact) mass is 226 g/mol. The highest BCUT2D eigenvalue weighted by molar-refractivity contribution is 5.85. The molecule has 0 aromatic rings. The molecule has 0 radical (unpaired) electrons. The van der Waals surface area contributed by atoms with Gasteiger partial charge in [0.05, 0.1) is 5.54 Å². The molecule has 0 atom stereocenters. The van der Waals surface area contributed by atoms with Crippen LogP contribution in [0.5, 0.6) is 0 Å². The van der Waals surface area contributed by atoms with E-state index < -0.39 is 5.54 Å². The molecule has 1 aliphatic rings. The summed E-state index contributed by atoms with van der Waals surface area (Å²) < 4.78 is 0. The van der Waals surface area contributed by atoms with E-state index in [4.69, 9.17) is 5.73 Å². The normalized spacial score (nSPS) is 18.6. The molecule has 3 N–H and O–H groups in total. The van der Waals surface area contributed by atoms with Gasteiger partial charge in [0.2, 0.25) is 5.91 Å². The number of carbonyl (C=O) groups excluding carboxylic acids is 1. The van der Waals surface area contributed by atoms with E-state index in [9.17, 15) is 4.79 Å². The Hall–Kier alpha value is -0.570. The fourth-order valence-electron chi connectivity index (χ4n) is 2.12. The number of carbonyl (C=O) groups is 1. The maximum Gasteiger partial charge on any atom is 0.240 e. The van der Waals surface area contributed by atoms with Gasteiger partial charge in [-0.1, -0.05) is 27.7 Å². The van der Waals surface area contributed by atoms with Crippen LogP contribution in [0.2, 0.25) is 0 Å². The van der Waals surface area contributed by atoms with Crippen LogP contribution in [0.15, 0.2) is 0 Å². The van der Waals surface area contributed by atoms with E-state index in [0.717, 1.165) is 6.54 Å². The van der Waals surface area contributed by atoms with Gasteiger partial charge in [0.15, 0.2) is 0 Å². The minimum Gasteiger partial charge on any atom is -0.354 e. The quantitative estimate of drug-likeness (QED) is 0.728. The zero-order valence-electron chi connectivity index (χ0n) is 11.1. The average Bonchev–Trinajstić information content (AvgIpc) is 3.05. The van der Waals surface area contributed by atoms with Gasteiger partial charge in [-0.15, -0.1) is 0 Å². The molecule has 1 saturated carbocycles. The number of hydrogen-bond donors (Lipinski definition) is 2. The molecule has 3 nitrogen and oxygen atoms in total. The second-order valence-corrected chi connectivity index (χ2v) is 5.56. The SMILES string of the molecule is CCC(N)(CC)C(=O)NCC1(C(C)C)CC1. The first kappa shape index (κ1) is 13.5. The third-order valence-electron chi connectivity index (χ3n) is 4.43. The van der Waals surface area contributed by atoms with Crippen molar-refractivity contribution in [3.8, 4) is 0 Å². The van der Waals surface area contributed by atoms with Gasteiger partial charge in [-0.2, -0.15) is 0 Å². The Morgan fingerprint density at radius 1 is 1.38 bits per heavy atom. The molecule has 0 aromatic heterocycles. The maximum absolute atomic E-state index is 12.0. The van der Waals surface area contributed by atoms with Crippen LogP contribution in [0, 0.1) is 11.3 Å². The lowest BCUT2D eigenvalue weighted by atomic mass is 9.90. The Labute approximate surface area is 99.2 Å². The highest BCUT2D eigenvalue weighted by Gasteiger charge is 2.46. The Morgan fingerprint density at radius 2 is 1.88 bits per heavy atom. The third kappa shape index (κ3) is 2.57. The molecule has 0 aromatic carbocycles. The Balaban J connectivity index is 2.47. The molecule has 0 aliphatic heterocycles. The second-order valence-electron chi connectivity index (χ2n) is 5.56. The molecular weight excluding hydrogens is 200 g/mol. The van der Waals surface area contributed by atoms with Gasteiger partial charge < -0.3 is 11.1 Å². The molecule has 16 heavy (non-hydrogen) atoms. The van der Waals surface area contributed by atoms with Crippen LogP contribution >= 0.6 is 0 Å². The predicted octanol–water partition coefficient (Wildman–Crippen LogP) is 2.06. The summed E-state index contributed by atoms with van der Waals surface area (Å²) >= 11 is 0. The van der Waals surface area contributed by atoms with Gasteiger partial charge in [0.25, 0.3) is 0 Å². The van der Waals surface area contributed by atoms with Gasteiger partial charge in [-0.05, 0) is 37.0 Å². The van der Waals surface area contributed by atoms with Crippen molar-refractivity contribution in [2.75, 3.05) is 6.54 Å². The summed E-state index contributed by atoms with van der Waals surface area (Å²) in [6, 6.07) is 0. The third-order valence-corrected chi connectivity index (χ3v) is 4.43. The van der Waals surface area contributed by atoms with Crippen molar-refractivity contribution in [3.05, 3.63) is 0 Å². The molecular formula is C13H26N2O. The molecule has 3 heteroatoms. The van der Waals surface area contributed by atoms with Crippen molar-refractivity contribution in [2.24, 2.45) is 17.1 Å². The van der Waals surface area contributed by atoms with Crippen molar-refractivity contribution in [1.82, 2.24) is 5.32 Å². The topological polar surface area (TPSA) is 55.1 Å². The molecule has 0 spiro atoms.